The minimum Gasteiger partial charge on any atom is -0.481 e. The van der Waals surface area contributed by atoms with Gasteiger partial charge in [0.2, 0.25) is 0 Å². The number of carbonyl (C=O) groups is 2. The van der Waals surface area contributed by atoms with Gasteiger partial charge in [0.05, 0.1) is 26.2 Å². The van der Waals surface area contributed by atoms with Crippen molar-refractivity contribution in [3.8, 4) is 0 Å². The van der Waals surface area contributed by atoms with Crippen molar-refractivity contribution < 1.29 is 29.3 Å². The van der Waals surface area contributed by atoms with E-state index in [1.54, 1.807) is 0 Å². The third-order valence-electron chi connectivity index (χ3n) is 2.15. The summed E-state index contributed by atoms with van der Waals surface area (Å²) in [6, 6.07) is 0. The molecule has 0 aliphatic carbocycles. The smallest absolute Gasteiger partial charge is 0.329 e. The number of aliphatic carboxylic acids is 2. The van der Waals surface area contributed by atoms with E-state index >= 15 is 0 Å². The molecule has 114 valence electrons. The molecule has 0 aliphatic rings. The van der Waals surface area contributed by atoms with Gasteiger partial charge in [-0.15, -0.1) is 0 Å². The highest BCUT2D eigenvalue weighted by Gasteiger charge is 2.05. The molecule has 0 aromatic heterocycles. The van der Waals surface area contributed by atoms with Crippen molar-refractivity contribution in [3.05, 3.63) is 0 Å². The summed E-state index contributed by atoms with van der Waals surface area (Å²) in [5.74, 6) is -1.94. The molecule has 0 bridgehead atoms. The molecule has 0 rings (SSSR count). The Labute approximate surface area is 128 Å². The molecule has 20 heavy (non-hydrogen) atoms. The monoisotopic (exact) mass is 322 g/mol. The summed E-state index contributed by atoms with van der Waals surface area (Å²) in [6.07, 6.45) is 1.57. The second kappa shape index (κ2) is 11.8. The van der Waals surface area contributed by atoms with Gasteiger partial charge >= 0.3 is 11.9 Å². The van der Waals surface area contributed by atoms with Gasteiger partial charge in [-0.2, -0.15) is 0 Å². The Morgan fingerprint density at radius 3 is 2.00 bits per heavy atom. The Morgan fingerprint density at radius 1 is 0.800 bits per heavy atom. The van der Waals surface area contributed by atoms with Crippen LogP contribution in [0.3, 0.4) is 0 Å². The van der Waals surface area contributed by atoms with E-state index in [1.165, 1.54) is 0 Å². The molecule has 0 fully saturated rings. The average molecular weight is 322 g/mol. The van der Waals surface area contributed by atoms with E-state index in [4.69, 9.17) is 44.1 Å². The molecule has 0 aliphatic heterocycles. The number of thiocarbonyl (C=S) groups is 2. The molecule has 0 saturated heterocycles. The molecule has 0 aromatic carbocycles. The van der Waals surface area contributed by atoms with Gasteiger partial charge in [0, 0.05) is 11.3 Å². The molecule has 0 radical (unpaired) electrons. The Morgan fingerprint density at radius 2 is 1.40 bits per heavy atom. The molecular weight excluding hydrogens is 304 g/mol. The van der Waals surface area contributed by atoms with Crippen LogP contribution in [-0.2, 0) is 19.1 Å². The van der Waals surface area contributed by atoms with Crippen LogP contribution in [0.2, 0.25) is 0 Å². The van der Waals surface area contributed by atoms with Gasteiger partial charge in [-0.05, 0) is 17.7 Å². The first-order chi connectivity index (χ1) is 9.41. The number of hydrogen-bond acceptors (Lipinski definition) is 6. The molecule has 8 heteroatoms. The minimum atomic E-state index is -1.01. The lowest BCUT2D eigenvalue weighted by atomic mass is 10.1. The van der Waals surface area contributed by atoms with Crippen LogP contribution in [0.5, 0.6) is 0 Å². The van der Waals surface area contributed by atoms with Crippen LogP contribution in [0.25, 0.3) is 0 Å². The quantitative estimate of drug-likeness (QED) is 0.389. The Kier molecular flexibility index (Phi) is 11.3. The molecule has 2 N–H and O–H groups in total. The zero-order chi connectivity index (χ0) is 15.4. The summed E-state index contributed by atoms with van der Waals surface area (Å²) in [4.78, 5) is 21.8. The third-order valence-corrected chi connectivity index (χ3v) is 2.91. The summed E-state index contributed by atoms with van der Waals surface area (Å²) in [5.41, 5.74) is 0. The lowest BCUT2D eigenvalue weighted by Crippen LogP contribution is -2.12. The largest absolute Gasteiger partial charge is 0.481 e. The van der Waals surface area contributed by atoms with Gasteiger partial charge in [-0.25, -0.2) is 4.79 Å². The average Bonchev–Trinajstić information content (AvgIpc) is 2.34. The molecule has 0 saturated carbocycles. The van der Waals surface area contributed by atoms with Crippen LogP contribution in [0.4, 0.5) is 0 Å². The second-order valence-corrected chi connectivity index (χ2v) is 5.11. The predicted molar refractivity (Wildman–Crippen MR) is 80.6 cm³/mol. The van der Waals surface area contributed by atoms with Gasteiger partial charge in [-0.1, -0.05) is 24.4 Å². The van der Waals surface area contributed by atoms with Crippen LogP contribution >= 0.6 is 24.4 Å². The molecule has 0 unspecified atom stereocenters. The van der Waals surface area contributed by atoms with Gasteiger partial charge < -0.3 is 19.7 Å². The van der Waals surface area contributed by atoms with Crippen LogP contribution < -0.4 is 0 Å². The van der Waals surface area contributed by atoms with Crippen LogP contribution in [0, 0.1) is 0 Å². The SMILES string of the molecule is O=C(O)COCCOCCC(=S)CCC(=S)CC(=O)O. The highest BCUT2D eigenvalue weighted by molar-refractivity contribution is 7.80. The molecule has 0 heterocycles. The summed E-state index contributed by atoms with van der Waals surface area (Å²) >= 11 is 10.0. The van der Waals surface area contributed by atoms with E-state index in [-0.39, 0.29) is 19.6 Å². The molecule has 0 spiro atoms. The molecular formula is C12H18O6S2. The Bertz CT molecular complexity index is 356. The summed E-state index contributed by atoms with van der Waals surface area (Å²) in [6.45, 7) is 0.638. The first-order valence-electron chi connectivity index (χ1n) is 6.04. The first-order valence-corrected chi connectivity index (χ1v) is 6.86. The van der Waals surface area contributed by atoms with Crippen LogP contribution in [0.15, 0.2) is 0 Å². The fourth-order valence-corrected chi connectivity index (χ4v) is 1.64. The normalized spacial score (nSPS) is 10.2. The highest BCUT2D eigenvalue weighted by Crippen LogP contribution is 2.03. The van der Waals surface area contributed by atoms with Gasteiger partial charge in [0.15, 0.2) is 0 Å². The maximum atomic E-state index is 10.4. The van der Waals surface area contributed by atoms with Crippen LogP contribution in [0.1, 0.15) is 25.7 Å². The Balaban J connectivity index is 3.43. The highest BCUT2D eigenvalue weighted by atomic mass is 32.1. The summed E-state index contributed by atoms with van der Waals surface area (Å²) in [5, 5.41) is 16.9. The Hall–Kier alpha value is -0.960. The van der Waals surface area contributed by atoms with Crippen molar-refractivity contribution in [2.45, 2.75) is 25.7 Å². The lowest BCUT2D eigenvalue weighted by molar-refractivity contribution is -0.142. The van der Waals surface area contributed by atoms with Crippen molar-refractivity contribution in [3.63, 3.8) is 0 Å². The maximum Gasteiger partial charge on any atom is 0.329 e. The van der Waals surface area contributed by atoms with E-state index in [0.29, 0.717) is 37.3 Å². The zero-order valence-corrected chi connectivity index (χ0v) is 12.6. The number of carboxylic acids is 2. The van der Waals surface area contributed by atoms with Crippen molar-refractivity contribution >= 4 is 46.1 Å². The number of rotatable bonds is 13. The number of carboxylic acid groups (broad SMARTS) is 2. The second-order valence-electron chi connectivity index (χ2n) is 3.96. The van der Waals surface area contributed by atoms with E-state index in [1.807, 2.05) is 0 Å². The fraction of sp³-hybridized carbons (Fsp3) is 0.667. The minimum absolute atomic E-state index is 0.102. The van der Waals surface area contributed by atoms with E-state index in [9.17, 15) is 9.59 Å². The molecule has 6 nitrogen and oxygen atoms in total. The van der Waals surface area contributed by atoms with Gasteiger partial charge in [-0.3, -0.25) is 4.79 Å². The maximum absolute atomic E-state index is 10.4. The van der Waals surface area contributed by atoms with Crippen molar-refractivity contribution in [1.82, 2.24) is 0 Å². The predicted octanol–water partition coefficient (Wildman–Crippen LogP) is 1.49. The van der Waals surface area contributed by atoms with E-state index in [0.717, 1.165) is 4.86 Å². The summed E-state index contributed by atoms with van der Waals surface area (Å²) < 4.78 is 10.0. The van der Waals surface area contributed by atoms with Gasteiger partial charge in [0.1, 0.15) is 6.61 Å². The van der Waals surface area contributed by atoms with E-state index < -0.39 is 11.9 Å². The van der Waals surface area contributed by atoms with E-state index in [2.05, 4.69) is 0 Å². The number of hydrogen-bond donors (Lipinski definition) is 2. The van der Waals surface area contributed by atoms with Crippen LogP contribution in [-0.4, -0.2) is 58.3 Å². The van der Waals surface area contributed by atoms with Gasteiger partial charge in [0.25, 0.3) is 0 Å². The standard InChI is InChI=1S/C12H18O6S2/c13-11(14)7-10(20)2-1-9(19)3-4-17-5-6-18-8-12(15)16/h1-8H2,(H,13,14)(H,15,16). The van der Waals surface area contributed by atoms with Crippen molar-refractivity contribution in [2.24, 2.45) is 0 Å². The van der Waals surface area contributed by atoms with Crippen molar-refractivity contribution in [2.75, 3.05) is 26.4 Å². The number of ether oxygens (including phenoxy) is 2. The third kappa shape index (κ3) is 13.5. The van der Waals surface area contributed by atoms with Crippen molar-refractivity contribution in [1.29, 1.82) is 0 Å². The lowest BCUT2D eigenvalue weighted by Gasteiger charge is -2.06. The first kappa shape index (κ1) is 19.0. The topological polar surface area (TPSA) is 93.1 Å². The molecule has 0 atom stereocenters. The zero-order valence-electron chi connectivity index (χ0n) is 11.0. The fourth-order valence-electron chi connectivity index (χ4n) is 1.23. The summed E-state index contributed by atoms with van der Waals surface area (Å²) in [7, 11) is 0. The molecule has 0 amide bonds. The molecule has 0 aromatic rings.